The molecule has 6 heteroatoms. The molecule has 102 valence electrons. The molecule has 0 amide bonds. The Morgan fingerprint density at radius 1 is 1.28 bits per heavy atom. The number of hydrogen-bond donors (Lipinski definition) is 2. The second-order valence-electron chi connectivity index (χ2n) is 3.81. The Balaban J connectivity index is 2.84. The zero-order chi connectivity index (χ0) is 13.6. The van der Waals surface area contributed by atoms with Crippen LogP contribution in [0.25, 0.3) is 0 Å². The number of hydrogen-bond acceptors (Lipinski definition) is 4. The normalized spacial score (nSPS) is 13.3. The molecule has 1 aromatic carbocycles. The molecule has 0 bridgehead atoms. The second kappa shape index (κ2) is 6.72. The largest absolute Gasteiger partial charge is 0.494 e. The van der Waals surface area contributed by atoms with Gasteiger partial charge in [-0.2, -0.15) is 0 Å². The van der Waals surface area contributed by atoms with Gasteiger partial charge in [0.15, 0.2) is 0 Å². The van der Waals surface area contributed by atoms with Gasteiger partial charge in [-0.05, 0) is 37.6 Å². The lowest BCUT2D eigenvalue weighted by Gasteiger charge is -2.14. The van der Waals surface area contributed by atoms with E-state index in [1.54, 1.807) is 12.1 Å². The minimum Gasteiger partial charge on any atom is -0.494 e. The van der Waals surface area contributed by atoms with Crippen LogP contribution < -0.4 is 9.46 Å². The van der Waals surface area contributed by atoms with Crippen molar-refractivity contribution >= 4 is 10.0 Å². The molecule has 0 heterocycles. The van der Waals surface area contributed by atoms with E-state index in [1.165, 1.54) is 12.1 Å². The van der Waals surface area contributed by atoms with Crippen molar-refractivity contribution in [3.8, 4) is 5.75 Å². The predicted molar refractivity (Wildman–Crippen MR) is 69.1 cm³/mol. The van der Waals surface area contributed by atoms with E-state index in [9.17, 15) is 8.42 Å². The minimum atomic E-state index is -3.58. The summed E-state index contributed by atoms with van der Waals surface area (Å²) in [5.74, 6) is 0.630. The van der Waals surface area contributed by atoms with Gasteiger partial charge in [0.25, 0.3) is 0 Å². The number of aliphatic hydroxyl groups excluding tert-OH is 1. The first-order valence-electron chi connectivity index (χ1n) is 5.89. The van der Waals surface area contributed by atoms with Crippen molar-refractivity contribution in [1.82, 2.24) is 4.72 Å². The summed E-state index contributed by atoms with van der Waals surface area (Å²) in [6.45, 7) is 3.99. The van der Waals surface area contributed by atoms with E-state index < -0.39 is 16.1 Å². The zero-order valence-corrected chi connectivity index (χ0v) is 11.4. The third kappa shape index (κ3) is 3.97. The van der Waals surface area contributed by atoms with Gasteiger partial charge in [-0.25, -0.2) is 13.1 Å². The molecule has 0 aliphatic heterocycles. The molecule has 1 atom stereocenters. The molecule has 1 rings (SSSR count). The van der Waals surface area contributed by atoms with E-state index in [2.05, 4.69) is 4.72 Å². The highest BCUT2D eigenvalue weighted by molar-refractivity contribution is 7.89. The van der Waals surface area contributed by atoms with Gasteiger partial charge < -0.3 is 9.84 Å². The van der Waals surface area contributed by atoms with Crippen molar-refractivity contribution in [2.24, 2.45) is 0 Å². The fourth-order valence-electron chi connectivity index (χ4n) is 1.42. The average Bonchev–Trinajstić information content (AvgIpc) is 2.37. The average molecular weight is 273 g/mol. The highest BCUT2D eigenvalue weighted by Crippen LogP contribution is 2.16. The van der Waals surface area contributed by atoms with E-state index in [-0.39, 0.29) is 11.5 Å². The maximum atomic E-state index is 12.0. The van der Waals surface area contributed by atoms with E-state index >= 15 is 0 Å². The molecule has 0 saturated carbocycles. The van der Waals surface area contributed by atoms with Crippen LogP contribution >= 0.6 is 0 Å². The van der Waals surface area contributed by atoms with Gasteiger partial charge in [0, 0.05) is 6.04 Å². The van der Waals surface area contributed by atoms with Crippen LogP contribution in [-0.4, -0.2) is 32.8 Å². The summed E-state index contributed by atoms with van der Waals surface area (Å²) in [5.41, 5.74) is 0. The van der Waals surface area contributed by atoms with Crippen molar-refractivity contribution in [3.05, 3.63) is 24.3 Å². The lowest BCUT2D eigenvalue weighted by molar-refractivity contribution is 0.254. The molecule has 1 aromatic rings. The molecule has 0 aromatic heterocycles. The lowest BCUT2D eigenvalue weighted by Crippen LogP contribution is -2.36. The molecule has 0 aliphatic rings. The van der Waals surface area contributed by atoms with E-state index in [4.69, 9.17) is 9.84 Å². The standard InChI is InChI=1S/C12H19NO4S/c1-3-10(9-14)13-18(15,16)12-7-5-11(6-8-12)17-4-2/h5-8,10,13-14H,3-4,9H2,1-2H3/t10-/m1/s1. The van der Waals surface area contributed by atoms with Gasteiger partial charge in [0.1, 0.15) is 5.75 Å². The lowest BCUT2D eigenvalue weighted by atomic mass is 10.3. The van der Waals surface area contributed by atoms with Crippen LogP contribution in [0.1, 0.15) is 20.3 Å². The summed E-state index contributed by atoms with van der Waals surface area (Å²) in [4.78, 5) is 0.165. The van der Waals surface area contributed by atoms with Gasteiger partial charge >= 0.3 is 0 Å². The molecule has 0 saturated heterocycles. The molecule has 0 fully saturated rings. The van der Waals surface area contributed by atoms with E-state index in [0.29, 0.717) is 18.8 Å². The van der Waals surface area contributed by atoms with Gasteiger partial charge in [-0.15, -0.1) is 0 Å². The SMILES string of the molecule is CCOc1ccc(S(=O)(=O)N[C@H](CC)CO)cc1. The number of sulfonamides is 1. The highest BCUT2D eigenvalue weighted by atomic mass is 32.2. The smallest absolute Gasteiger partial charge is 0.240 e. The van der Waals surface area contributed by atoms with Crippen LogP contribution in [0.5, 0.6) is 5.75 Å². The predicted octanol–water partition coefficient (Wildman–Crippen LogP) is 1.13. The molecule has 0 radical (unpaired) electrons. The molecule has 0 unspecified atom stereocenters. The van der Waals surface area contributed by atoms with Crippen LogP contribution in [0, 0.1) is 0 Å². The molecule has 0 spiro atoms. The number of ether oxygens (including phenoxy) is 1. The van der Waals surface area contributed by atoms with Crippen molar-refractivity contribution in [2.75, 3.05) is 13.2 Å². The van der Waals surface area contributed by atoms with E-state index in [1.807, 2.05) is 13.8 Å². The molecule has 18 heavy (non-hydrogen) atoms. The molecule has 5 nitrogen and oxygen atoms in total. The molecule has 2 N–H and O–H groups in total. The Bertz CT molecular complexity index is 451. The maximum Gasteiger partial charge on any atom is 0.240 e. The first-order chi connectivity index (χ1) is 8.53. The number of nitrogens with one attached hydrogen (secondary N) is 1. The van der Waals surface area contributed by atoms with Crippen LogP contribution in [0.3, 0.4) is 0 Å². The summed E-state index contributed by atoms with van der Waals surface area (Å²) in [6.07, 6.45) is 0.534. The third-order valence-corrected chi connectivity index (χ3v) is 4.02. The Morgan fingerprint density at radius 3 is 2.33 bits per heavy atom. The van der Waals surface area contributed by atoms with Crippen molar-refractivity contribution in [1.29, 1.82) is 0 Å². The first-order valence-corrected chi connectivity index (χ1v) is 7.37. The van der Waals surface area contributed by atoms with Crippen molar-refractivity contribution in [2.45, 2.75) is 31.2 Å². The Labute approximate surface area is 108 Å². The third-order valence-electron chi connectivity index (χ3n) is 2.48. The first kappa shape index (κ1) is 14.9. The van der Waals surface area contributed by atoms with Gasteiger partial charge in [-0.3, -0.25) is 0 Å². The monoisotopic (exact) mass is 273 g/mol. The van der Waals surface area contributed by atoms with Crippen LogP contribution in [0.4, 0.5) is 0 Å². The van der Waals surface area contributed by atoms with Crippen LogP contribution in [0.2, 0.25) is 0 Å². The van der Waals surface area contributed by atoms with Crippen molar-refractivity contribution < 1.29 is 18.3 Å². The van der Waals surface area contributed by atoms with Crippen molar-refractivity contribution in [3.63, 3.8) is 0 Å². The van der Waals surface area contributed by atoms with Crippen LogP contribution in [0.15, 0.2) is 29.2 Å². The van der Waals surface area contributed by atoms with Gasteiger partial charge in [0.2, 0.25) is 10.0 Å². The number of rotatable bonds is 7. The summed E-state index contributed by atoms with van der Waals surface area (Å²) in [6, 6.07) is 5.73. The Kier molecular flexibility index (Phi) is 5.58. The summed E-state index contributed by atoms with van der Waals surface area (Å²) >= 11 is 0. The van der Waals surface area contributed by atoms with Gasteiger partial charge in [-0.1, -0.05) is 6.92 Å². The van der Waals surface area contributed by atoms with Gasteiger partial charge in [0.05, 0.1) is 18.1 Å². The fourth-order valence-corrected chi connectivity index (χ4v) is 2.73. The highest BCUT2D eigenvalue weighted by Gasteiger charge is 2.18. The van der Waals surface area contributed by atoms with Crippen LogP contribution in [-0.2, 0) is 10.0 Å². The molecular formula is C12H19NO4S. The Hall–Kier alpha value is -1.11. The maximum absolute atomic E-state index is 12.0. The number of benzene rings is 1. The molecule has 0 aliphatic carbocycles. The minimum absolute atomic E-state index is 0.165. The summed E-state index contributed by atoms with van der Waals surface area (Å²) < 4.78 is 31.6. The quantitative estimate of drug-likeness (QED) is 0.781. The summed E-state index contributed by atoms with van der Waals surface area (Å²) in [7, 11) is -3.58. The van der Waals surface area contributed by atoms with E-state index in [0.717, 1.165) is 0 Å². The summed E-state index contributed by atoms with van der Waals surface area (Å²) in [5, 5.41) is 9.00. The fraction of sp³-hybridized carbons (Fsp3) is 0.500. The topological polar surface area (TPSA) is 75.6 Å². The second-order valence-corrected chi connectivity index (χ2v) is 5.53. The zero-order valence-electron chi connectivity index (χ0n) is 10.6. The number of aliphatic hydroxyl groups is 1. The molecular weight excluding hydrogens is 254 g/mol. The Morgan fingerprint density at radius 2 is 1.89 bits per heavy atom.